The van der Waals surface area contributed by atoms with E-state index in [-0.39, 0.29) is 6.61 Å². The summed E-state index contributed by atoms with van der Waals surface area (Å²) in [5, 5.41) is 18.4. The van der Waals surface area contributed by atoms with Gasteiger partial charge in [-0.1, -0.05) is 6.07 Å². The Kier molecular flexibility index (Phi) is 5.08. The molecule has 0 fully saturated rings. The second-order valence-electron chi connectivity index (χ2n) is 3.15. The lowest BCUT2D eigenvalue weighted by Crippen LogP contribution is -2.01. The van der Waals surface area contributed by atoms with Crippen molar-refractivity contribution in [2.75, 3.05) is 13.2 Å². The number of halogens is 1. The van der Waals surface area contributed by atoms with E-state index in [1.807, 2.05) is 19.1 Å². The van der Waals surface area contributed by atoms with Crippen LogP contribution in [0.4, 0.5) is 0 Å². The molecule has 1 atom stereocenters. The van der Waals surface area contributed by atoms with Crippen LogP contribution in [0, 0.1) is 0 Å². The molecule has 4 heteroatoms. The van der Waals surface area contributed by atoms with Gasteiger partial charge in [0.05, 0.1) is 17.2 Å². The molecule has 15 heavy (non-hydrogen) atoms. The Hall–Kier alpha value is -0.580. The van der Waals surface area contributed by atoms with E-state index in [0.29, 0.717) is 18.8 Å². The number of hydrogen-bond donors (Lipinski definition) is 2. The SMILES string of the molecule is CCOc1cc(C(O)CCO)ccc1Br. The number of benzene rings is 1. The molecule has 0 radical (unpaired) electrons. The number of hydrogen-bond acceptors (Lipinski definition) is 3. The van der Waals surface area contributed by atoms with Crippen molar-refractivity contribution in [1.29, 1.82) is 0 Å². The quantitative estimate of drug-likeness (QED) is 0.866. The van der Waals surface area contributed by atoms with Crippen molar-refractivity contribution in [3.05, 3.63) is 28.2 Å². The molecule has 0 saturated carbocycles. The van der Waals surface area contributed by atoms with Crippen LogP contribution in [0.25, 0.3) is 0 Å². The number of aliphatic hydroxyl groups excluding tert-OH is 2. The number of rotatable bonds is 5. The van der Waals surface area contributed by atoms with Gasteiger partial charge in [0, 0.05) is 13.0 Å². The fourth-order valence-electron chi connectivity index (χ4n) is 1.28. The van der Waals surface area contributed by atoms with Crippen LogP contribution in [0.1, 0.15) is 25.0 Å². The summed E-state index contributed by atoms with van der Waals surface area (Å²) in [5.41, 5.74) is 0.760. The third kappa shape index (κ3) is 3.48. The van der Waals surface area contributed by atoms with Gasteiger partial charge in [-0.3, -0.25) is 0 Å². The fourth-order valence-corrected chi connectivity index (χ4v) is 1.64. The Balaban J connectivity index is 2.86. The van der Waals surface area contributed by atoms with Gasteiger partial charge in [-0.2, -0.15) is 0 Å². The van der Waals surface area contributed by atoms with Gasteiger partial charge in [0.15, 0.2) is 0 Å². The molecular weight excluding hydrogens is 260 g/mol. The summed E-state index contributed by atoms with van der Waals surface area (Å²) in [7, 11) is 0. The van der Waals surface area contributed by atoms with Gasteiger partial charge in [-0.05, 0) is 40.5 Å². The first kappa shape index (κ1) is 12.5. The van der Waals surface area contributed by atoms with Crippen molar-refractivity contribution in [2.45, 2.75) is 19.4 Å². The zero-order valence-corrected chi connectivity index (χ0v) is 10.2. The molecule has 1 aromatic rings. The van der Waals surface area contributed by atoms with E-state index >= 15 is 0 Å². The third-order valence-corrected chi connectivity index (χ3v) is 2.70. The normalized spacial score (nSPS) is 12.5. The Morgan fingerprint density at radius 2 is 2.20 bits per heavy atom. The van der Waals surface area contributed by atoms with Crippen molar-refractivity contribution in [3.63, 3.8) is 0 Å². The molecular formula is C11H15BrO3. The topological polar surface area (TPSA) is 49.7 Å². The van der Waals surface area contributed by atoms with E-state index < -0.39 is 6.10 Å². The maximum atomic E-state index is 9.67. The van der Waals surface area contributed by atoms with Gasteiger partial charge in [0.1, 0.15) is 5.75 Å². The van der Waals surface area contributed by atoms with E-state index in [4.69, 9.17) is 9.84 Å². The standard InChI is InChI=1S/C11H15BrO3/c1-2-15-11-7-8(3-4-9(11)12)10(14)5-6-13/h3-4,7,10,13-14H,2,5-6H2,1H3. The van der Waals surface area contributed by atoms with Gasteiger partial charge in [0.25, 0.3) is 0 Å². The summed E-state index contributed by atoms with van der Waals surface area (Å²) >= 11 is 3.36. The summed E-state index contributed by atoms with van der Waals surface area (Å²) in [6.07, 6.45) is -0.296. The molecule has 0 amide bonds. The molecule has 1 rings (SSSR count). The molecule has 84 valence electrons. The van der Waals surface area contributed by atoms with Gasteiger partial charge in [-0.15, -0.1) is 0 Å². The first-order valence-electron chi connectivity index (χ1n) is 4.90. The summed E-state index contributed by atoms with van der Waals surface area (Å²) in [5.74, 6) is 0.715. The summed E-state index contributed by atoms with van der Waals surface area (Å²) in [4.78, 5) is 0. The van der Waals surface area contributed by atoms with Crippen LogP contribution >= 0.6 is 15.9 Å². The smallest absolute Gasteiger partial charge is 0.133 e. The molecule has 1 aromatic carbocycles. The fraction of sp³-hybridized carbons (Fsp3) is 0.455. The molecule has 0 bridgehead atoms. The number of aliphatic hydroxyl groups is 2. The predicted molar refractivity (Wildman–Crippen MR) is 62.0 cm³/mol. The first-order valence-corrected chi connectivity index (χ1v) is 5.69. The third-order valence-electron chi connectivity index (χ3n) is 2.04. The molecule has 1 unspecified atom stereocenters. The van der Waals surface area contributed by atoms with E-state index in [1.54, 1.807) is 6.07 Å². The highest BCUT2D eigenvalue weighted by molar-refractivity contribution is 9.10. The second-order valence-corrected chi connectivity index (χ2v) is 4.01. The molecule has 2 N–H and O–H groups in total. The lowest BCUT2D eigenvalue weighted by atomic mass is 10.1. The first-order chi connectivity index (χ1) is 7.19. The maximum Gasteiger partial charge on any atom is 0.133 e. The Bertz CT molecular complexity index is 315. The van der Waals surface area contributed by atoms with Crippen molar-refractivity contribution in [3.8, 4) is 5.75 Å². The molecule has 3 nitrogen and oxygen atoms in total. The van der Waals surface area contributed by atoms with E-state index in [1.165, 1.54) is 0 Å². The molecule has 0 aliphatic rings. The predicted octanol–water partition coefficient (Wildman–Crippen LogP) is 2.26. The van der Waals surface area contributed by atoms with Crippen molar-refractivity contribution in [1.82, 2.24) is 0 Å². The largest absolute Gasteiger partial charge is 0.493 e. The second kappa shape index (κ2) is 6.10. The van der Waals surface area contributed by atoms with Crippen molar-refractivity contribution < 1.29 is 14.9 Å². The van der Waals surface area contributed by atoms with E-state index in [0.717, 1.165) is 10.0 Å². The van der Waals surface area contributed by atoms with Crippen LogP contribution in [-0.2, 0) is 0 Å². The Morgan fingerprint density at radius 3 is 2.80 bits per heavy atom. The van der Waals surface area contributed by atoms with Crippen LogP contribution in [0.5, 0.6) is 5.75 Å². The average Bonchev–Trinajstić information content (AvgIpc) is 2.22. The molecule has 0 saturated heterocycles. The Labute approximate surface area is 97.8 Å². The van der Waals surface area contributed by atoms with Crippen LogP contribution in [-0.4, -0.2) is 23.4 Å². The molecule has 0 aliphatic heterocycles. The molecule has 0 heterocycles. The van der Waals surface area contributed by atoms with Gasteiger partial charge < -0.3 is 14.9 Å². The molecule has 0 spiro atoms. The highest BCUT2D eigenvalue weighted by Gasteiger charge is 2.09. The minimum atomic E-state index is -0.637. The lowest BCUT2D eigenvalue weighted by molar-refractivity contribution is 0.134. The van der Waals surface area contributed by atoms with Crippen LogP contribution in [0.15, 0.2) is 22.7 Å². The zero-order valence-electron chi connectivity index (χ0n) is 8.61. The average molecular weight is 275 g/mol. The van der Waals surface area contributed by atoms with Crippen LogP contribution in [0.2, 0.25) is 0 Å². The van der Waals surface area contributed by atoms with Gasteiger partial charge in [-0.25, -0.2) is 0 Å². The van der Waals surface area contributed by atoms with Crippen LogP contribution in [0.3, 0.4) is 0 Å². The molecule has 0 aliphatic carbocycles. The summed E-state index contributed by atoms with van der Waals surface area (Å²) < 4.78 is 6.25. The van der Waals surface area contributed by atoms with E-state index in [2.05, 4.69) is 15.9 Å². The summed E-state index contributed by atoms with van der Waals surface area (Å²) in [6, 6.07) is 5.43. The van der Waals surface area contributed by atoms with Crippen LogP contribution < -0.4 is 4.74 Å². The zero-order chi connectivity index (χ0) is 11.3. The minimum absolute atomic E-state index is 0.0266. The maximum absolute atomic E-state index is 9.67. The lowest BCUT2D eigenvalue weighted by Gasteiger charge is -2.12. The van der Waals surface area contributed by atoms with Gasteiger partial charge in [0.2, 0.25) is 0 Å². The van der Waals surface area contributed by atoms with Crippen molar-refractivity contribution in [2.24, 2.45) is 0 Å². The summed E-state index contributed by atoms with van der Waals surface area (Å²) in [6.45, 7) is 2.46. The highest BCUT2D eigenvalue weighted by atomic mass is 79.9. The van der Waals surface area contributed by atoms with E-state index in [9.17, 15) is 5.11 Å². The van der Waals surface area contributed by atoms with Crippen molar-refractivity contribution >= 4 is 15.9 Å². The highest BCUT2D eigenvalue weighted by Crippen LogP contribution is 2.29. The minimum Gasteiger partial charge on any atom is -0.493 e. The molecule has 0 aromatic heterocycles. The monoisotopic (exact) mass is 274 g/mol. The van der Waals surface area contributed by atoms with Gasteiger partial charge >= 0.3 is 0 Å². The number of ether oxygens (including phenoxy) is 1. The Morgan fingerprint density at radius 1 is 1.47 bits per heavy atom.